The summed E-state index contributed by atoms with van der Waals surface area (Å²) in [6, 6.07) is 22.7. The van der Waals surface area contributed by atoms with Gasteiger partial charge in [-0.2, -0.15) is 82.3 Å². The summed E-state index contributed by atoms with van der Waals surface area (Å²) in [6.45, 7) is -1.01. The topological polar surface area (TPSA) is 779 Å². The van der Waals surface area contributed by atoms with E-state index >= 15 is 4.57 Å². The van der Waals surface area contributed by atoms with Gasteiger partial charge in [0.15, 0.2) is 50.3 Å². The van der Waals surface area contributed by atoms with E-state index in [1.54, 1.807) is 66.7 Å². The van der Waals surface area contributed by atoms with E-state index in [-0.39, 0.29) is 258 Å². The fourth-order valence-electron chi connectivity index (χ4n) is 17.0. The van der Waals surface area contributed by atoms with E-state index in [9.17, 15) is 151 Å². The van der Waals surface area contributed by atoms with Gasteiger partial charge in [0, 0.05) is 92.7 Å². The molecule has 1 unspecified atom stereocenters. The zero-order valence-electron chi connectivity index (χ0n) is 82.8. The number of thioether (sulfide) groups is 7. The molecule has 0 amide bonds. The standard InChI is InChI=1S/C87H121O48PS7.7Na/c88-49(89)15-22-137-30-41-73-58(104)66(112)82(122-41)131-75-43(32-139-24-17-51(92)93)124-84(68(114)60(75)106)133-77-45(34-141-26-19-53(96)97)126-86(70(116)62(77)108)135-79-47(36-143-28-21-55(100)101)127-87(71(117)63(79)109)134-78-46(35-142-27-20-54(98)99)125-85(69(115)61(78)107)132-76-44(33-140-25-18-52(94)95)123-83(67(113)59(76)105)130-74-42(31-138-23-16-50(90)91)121-81(65(111)57(74)103)128-72-40(120-80(129-73)64(110)56(72)102)29-119-136(118,38-11-5-2-6-12-38)48-14-8-7-13-39(48)37-9-3-1-4-10-37;;;;;;;/h1-14,40-47,56-87,102-117H,15-36H2,(H,88,89)(H,90,91)(H,92,93)(H,94,95)(H,96,97)(H,98,99)(H,100,101);;;;;;;/q;7*+1/p-7/t40-,41-,42-,43-,44-,45-,46-,47-,56-,57-,58-,59-,60-,61-,62-,63-,64-,65-,66-,67-,68-,69-,70-,71-,72-,73-,74-,75-,76-,77-,78-,79-,80-,81-,82-,83-,84-,85-,86-,87-,136?;;;;;;;/m1......./s1. The molecule has 3 aromatic carbocycles. The molecule has 33 rings (SSSR count). The van der Waals surface area contributed by atoms with E-state index in [1.807, 2.05) is 0 Å². The van der Waals surface area contributed by atoms with Crippen LogP contribution in [0.5, 0.6) is 0 Å². The van der Waals surface area contributed by atoms with Gasteiger partial charge in [0.05, 0.1) is 49.3 Å². The Morgan fingerprint density at radius 3 is 0.613 bits per heavy atom. The van der Waals surface area contributed by atoms with E-state index in [2.05, 4.69) is 0 Å². The van der Waals surface area contributed by atoms with Gasteiger partial charge in [-0.15, -0.1) is 0 Å². The maximum absolute atomic E-state index is 16.5. The summed E-state index contributed by atoms with van der Waals surface area (Å²) in [5, 5.41) is 282. The maximum Gasteiger partial charge on any atom is 1.00 e. The first kappa shape index (κ1) is 143. The van der Waals surface area contributed by atoms with Crippen LogP contribution in [0.25, 0.3) is 11.1 Å². The molecule has 16 N–H and O–H groups in total. The van der Waals surface area contributed by atoms with Crippen LogP contribution in [0.15, 0.2) is 84.9 Å². The van der Waals surface area contributed by atoms with Crippen molar-refractivity contribution in [2.45, 2.75) is 291 Å². The largest absolute Gasteiger partial charge is 1.00 e. The van der Waals surface area contributed by atoms with Crippen molar-refractivity contribution in [3.8, 4) is 11.1 Å². The van der Waals surface area contributed by atoms with Crippen molar-refractivity contribution in [1.29, 1.82) is 0 Å². The van der Waals surface area contributed by atoms with Gasteiger partial charge in [-0.1, -0.05) is 66.7 Å². The van der Waals surface area contributed by atoms with Crippen LogP contribution in [0.4, 0.5) is 0 Å². The Labute approximate surface area is 1050 Å². The van der Waals surface area contributed by atoms with Gasteiger partial charge in [0.2, 0.25) is 0 Å². The van der Waals surface area contributed by atoms with Crippen LogP contribution >= 0.6 is 89.7 Å². The minimum Gasteiger partial charge on any atom is -0.550 e. The minimum absolute atomic E-state index is 0. The molecule has 0 aromatic heterocycles. The molecule has 30 aliphatic rings. The molecule has 30 fully saturated rings. The van der Waals surface area contributed by atoms with Crippen LogP contribution in [0.2, 0.25) is 0 Å². The number of aliphatic carboxylic acids is 7. The van der Waals surface area contributed by atoms with Crippen molar-refractivity contribution in [3.05, 3.63) is 84.9 Å². The van der Waals surface area contributed by atoms with Crippen molar-refractivity contribution in [2.75, 3.05) is 87.1 Å². The molecule has 48 nitrogen and oxygen atoms in total. The number of hydrogen-bond acceptors (Lipinski definition) is 55. The second kappa shape index (κ2) is 69.8. The fourth-order valence-corrected chi connectivity index (χ4v) is 26.1. The molecule has 150 heavy (non-hydrogen) atoms. The molecule has 3 aromatic rings. The van der Waals surface area contributed by atoms with Gasteiger partial charge >= 0.3 is 207 Å². The summed E-state index contributed by atoms with van der Waals surface area (Å²) in [5.74, 6) is -15.6. The maximum atomic E-state index is 16.5. The molecule has 0 radical (unpaired) electrons. The third-order valence-electron chi connectivity index (χ3n) is 24.4. The Morgan fingerprint density at radius 2 is 0.413 bits per heavy atom. The summed E-state index contributed by atoms with van der Waals surface area (Å²) in [5.41, 5.74) is 0.930. The predicted octanol–water partition coefficient (Wildman–Crippen LogP) is -34.6. The zero-order valence-corrected chi connectivity index (χ0v) is 103. The average molecular weight is 2340 g/mol. The van der Waals surface area contributed by atoms with E-state index in [1.165, 1.54) is 18.2 Å². The summed E-state index contributed by atoms with van der Waals surface area (Å²) in [4.78, 5) is 82.7. The van der Waals surface area contributed by atoms with E-state index < -0.39 is 387 Å². The number of benzene rings is 3. The Morgan fingerprint density at radius 1 is 0.240 bits per heavy atom. The molecular weight excluding hydrogens is 2230 g/mol. The van der Waals surface area contributed by atoms with Crippen molar-refractivity contribution in [2.24, 2.45) is 0 Å². The normalized spacial score (nSPS) is 37.0. The van der Waals surface area contributed by atoms with Crippen LogP contribution in [0, 0.1) is 0 Å². The number of carbonyl (C=O) groups is 7. The van der Waals surface area contributed by atoms with Gasteiger partial charge in [-0.05, 0) is 115 Å². The average Bonchev–Trinajstić information content (AvgIpc) is 0.762. The van der Waals surface area contributed by atoms with Gasteiger partial charge in [0.25, 0.3) is 7.37 Å². The molecule has 0 saturated carbocycles. The Kier molecular flexibility index (Phi) is 66.4. The molecule has 63 heteroatoms. The van der Waals surface area contributed by atoms with E-state index in [0.29, 0.717) is 11.1 Å². The number of carboxylic acids is 7. The third-order valence-corrected chi connectivity index (χ3v) is 34.3. The molecule has 0 aliphatic carbocycles. The monoisotopic (exact) mass is 2340 g/mol. The van der Waals surface area contributed by atoms with Gasteiger partial charge in [-0.3, -0.25) is 4.57 Å². The minimum atomic E-state index is -4.58. The number of carboxylic acid groups (broad SMARTS) is 7. The second-order valence-electron chi connectivity index (χ2n) is 34.4. The number of ether oxygens (including phenoxy) is 16. The number of aliphatic hydroxyl groups excluding tert-OH is 16. The molecule has 30 saturated heterocycles. The van der Waals surface area contributed by atoms with Crippen molar-refractivity contribution < 1.29 is 443 Å². The second-order valence-corrected chi connectivity index (χ2v) is 44.9. The van der Waals surface area contributed by atoms with Crippen LogP contribution in [0.3, 0.4) is 0 Å². The van der Waals surface area contributed by atoms with Gasteiger partial charge in [-0.25, -0.2) is 0 Å². The molecule has 30 aliphatic heterocycles. The molecule has 30 heterocycles. The number of carbonyl (C=O) groups excluding carboxylic acids is 7. The molecule has 41 atom stereocenters. The predicted molar refractivity (Wildman–Crippen MR) is 484 cm³/mol. The number of aliphatic hydroxyl groups is 16. The smallest absolute Gasteiger partial charge is 0.550 e. The summed E-state index contributed by atoms with van der Waals surface area (Å²) >= 11 is 5.73. The number of rotatable bonds is 41. The first-order valence-electron chi connectivity index (χ1n) is 45.5. The summed E-state index contributed by atoms with van der Waals surface area (Å²) < 4.78 is 125. The molecule has 16 bridgehead atoms. The molecular formula is C87H114Na7O48PS7. The Balaban J connectivity index is 0.00000565. The summed E-state index contributed by atoms with van der Waals surface area (Å²) in [6.07, 6.45) is -90.1. The van der Waals surface area contributed by atoms with Gasteiger partial charge in [0.1, 0.15) is 153 Å². The van der Waals surface area contributed by atoms with E-state index in [0.717, 1.165) is 82.3 Å². The summed E-state index contributed by atoms with van der Waals surface area (Å²) in [7, 11) is -4.58. The Hall–Kier alpha value is 2.31. The van der Waals surface area contributed by atoms with Crippen LogP contribution < -0.4 is 253 Å². The van der Waals surface area contributed by atoms with Crippen molar-refractivity contribution >= 4 is 142 Å². The molecule has 0 spiro atoms. The number of hydrogen-bond donors (Lipinski definition) is 16. The first-order valence-corrected chi connectivity index (χ1v) is 55.2. The fraction of sp³-hybridized carbons (Fsp3) is 0.713. The Bertz CT molecular complexity index is 4470. The third kappa shape index (κ3) is 39.2. The molecule has 804 valence electrons. The van der Waals surface area contributed by atoms with Crippen LogP contribution in [0.1, 0.15) is 44.9 Å². The van der Waals surface area contributed by atoms with Crippen molar-refractivity contribution in [3.63, 3.8) is 0 Å². The van der Waals surface area contributed by atoms with Gasteiger partial charge < -0.3 is 231 Å². The quantitative estimate of drug-likeness (QED) is 0.0142. The SMILES string of the molecule is O=C([O-])CCSC[C@H]1O[C@@H]2O[C@H]3[C@H](O)[C@@H](O)[C@@H](O[C@H]4[C@H](O)[C@@H](O)[C@@H](O[C@H]5[C@H](O)[C@@H](O)[C@@H](O[C@H]6[C@H](O)[C@@H](O)[C@@H](O[C@H]7[C@H](O)[C@@H](O)[C@@H](O[C@H]8[C@H](O)[C@@H](O)[C@@H](O[C@H]9[C@H](O)[C@@H](O)[C@@H](O[C@H]1[C@H](O)[C@H]2O)O[C@@H]9COP(=O)(c1ccccc1)c1ccccc1-c1ccccc1)O[C@@H]8CSCCC(=O)[O-])O[C@@H]7CSCCC(=O)[O-])O[C@@H]6CSCCC(=O)[O-])O[C@@H]5CSCCC(=O)[O-])O[C@@H]4CSCCC(=O)[O-])O[C@@H]3CSCCC(=O)[O-].[Na+].[Na+].[Na+].[Na+].[Na+].[Na+].[Na+]. The zero-order chi connectivity index (χ0) is 103. The van der Waals surface area contributed by atoms with Crippen LogP contribution in [-0.4, -0.2) is 456 Å². The van der Waals surface area contributed by atoms with Crippen molar-refractivity contribution in [1.82, 2.24) is 0 Å². The van der Waals surface area contributed by atoms with Crippen LogP contribution in [-0.2, 0) is 118 Å². The first-order chi connectivity index (χ1) is 68.2. The van der Waals surface area contributed by atoms with E-state index in [4.69, 9.17) is 80.3 Å².